The summed E-state index contributed by atoms with van der Waals surface area (Å²) in [6.45, 7) is 6.35. The van der Waals surface area contributed by atoms with Gasteiger partial charge in [-0.1, -0.05) is 13.6 Å². The van der Waals surface area contributed by atoms with Crippen LogP contribution < -0.4 is 0 Å². The molecule has 0 amide bonds. The topological polar surface area (TPSA) is 72.2 Å². The van der Waals surface area contributed by atoms with E-state index >= 15 is 0 Å². The molecule has 92 valence electrons. The van der Waals surface area contributed by atoms with Crippen molar-refractivity contribution in [3.63, 3.8) is 0 Å². The van der Waals surface area contributed by atoms with Gasteiger partial charge in [0.2, 0.25) is 0 Å². The minimum Gasteiger partial charge on any atom is -0.439 e. The number of hydrogen-bond donors (Lipinski definition) is 0. The van der Waals surface area contributed by atoms with Gasteiger partial charge in [-0.3, -0.25) is 0 Å². The Bertz CT molecular complexity index is 93.8. The Morgan fingerprint density at radius 1 is 1.06 bits per heavy atom. The molecule has 17 heavy (non-hydrogen) atoms. The zero-order valence-electron chi connectivity index (χ0n) is 10.2. The average Bonchev–Trinajstić information content (AvgIpc) is 2.09. The van der Waals surface area contributed by atoms with E-state index in [1.54, 1.807) is 7.11 Å². The second-order valence-electron chi connectivity index (χ2n) is 2.29. The van der Waals surface area contributed by atoms with Crippen molar-refractivity contribution in [1.82, 2.24) is 0 Å². The summed E-state index contributed by atoms with van der Waals surface area (Å²) in [6, 6.07) is 0.435. The Labute approximate surface area is 151 Å². The Balaban J connectivity index is -0.0000000187. The Morgan fingerprint density at radius 2 is 1.29 bits per heavy atom. The molecule has 8 radical (unpaired) electrons. The molecule has 0 rings (SSSR count). The Kier molecular flexibility index (Phi) is 91.8. The van der Waals surface area contributed by atoms with E-state index in [9.17, 15) is 0 Å². The fourth-order valence-corrected chi connectivity index (χ4v) is 1.43. The molecule has 0 aromatic rings. The van der Waals surface area contributed by atoms with Gasteiger partial charge in [-0.15, -0.1) is 0 Å². The van der Waals surface area contributed by atoms with E-state index < -0.39 is 0 Å². The third kappa shape index (κ3) is 45.3. The van der Waals surface area contributed by atoms with Gasteiger partial charge in [-0.25, -0.2) is 16.7 Å². The molecule has 0 bridgehead atoms. The van der Waals surface area contributed by atoms with Crippen LogP contribution in [0, 0.1) is 0 Å². The van der Waals surface area contributed by atoms with Crippen LogP contribution in [0.3, 0.4) is 0 Å². The maximum absolute atomic E-state index is 5.30. The maximum atomic E-state index is 5.30. The molecule has 0 spiro atoms. The Hall–Kier alpha value is 3.25. The van der Waals surface area contributed by atoms with Crippen LogP contribution in [0.1, 0.15) is 0 Å². The van der Waals surface area contributed by atoms with Crippen LogP contribution in [0.2, 0.25) is 13.6 Å². The van der Waals surface area contributed by atoms with E-state index in [1.165, 1.54) is 0 Å². The third-order valence-electron chi connectivity index (χ3n) is 1.02. The first-order valence-corrected chi connectivity index (χ1v) is 6.60. The van der Waals surface area contributed by atoms with Crippen molar-refractivity contribution < 1.29 is 71.3 Å². The fourth-order valence-electron chi connectivity index (χ4n) is 0.159. The molecule has 0 saturated carbocycles. The van der Waals surface area contributed by atoms with Crippen molar-refractivity contribution in [2.45, 2.75) is 13.6 Å². The van der Waals surface area contributed by atoms with Gasteiger partial charge in [0.15, 0.2) is 0 Å². The summed E-state index contributed by atoms with van der Waals surface area (Å²) in [4.78, 5) is 0. The third-order valence-corrected chi connectivity index (χ3v) is 4.28. The maximum Gasteiger partial charge on any atom is 0.286 e. The van der Waals surface area contributed by atoms with Crippen LogP contribution >= 0.6 is 25.8 Å². The summed E-state index contributed by atoms with van der Waals surface area (Å²) in [5.41, 5.74) is 0. The van der Waals surface area contributed by atoms with Gasteiger partial charge < -0.3 is 15.6 Å². The first kappa shape index (κ1) is 42.7. The second kappa shape index (κ2) is 36.5. The largest absolute Gasteiger partial charge is 0.439 e. The molecule has 3 atom stereocenters. The summed E-state index contributed by atoms with van der Waals surface area (Å²) < 4.78 is 4.75. The van der Waals surface area contributed by atoms with Gasteiger partial charge in [-0.05, 0) is 0 Å². The molecule has 4 N–H and O–H groups in total. The molecule has 0 heterocycles. The first-order valence-electron chi connectivity index (χ1n) is 3.62. The van der Waals surface area contributed by atoms with Crippen LogP contribution in [0.15, 0.2) is 0 Å². The summed E-state index contributed by atoms with van der Waals surface area (Å²) >= 11 is 0. The average molecular weight is 401 g/mol. The van der Waals surface area contributed by atoms with E-state index in [1.807, 2.05) is 20.5 Å². The zero-order valence-corrected chi connectivity index (χ0v) is 17.6. The molecule has 0 aromatic heterocycles. The van der Waals surface area contributed by atoms with Gasteiger partial charge in [0.25, 0.3) is 6.92 Å². The van der Waals surface area contributed by atoms with Crippen LogP contribution in [0.4, 0.5) is 0 Å². The summed E-state index contributed by atoms with van der Waals surface area (Å²) in [5, 5.41) is 0. The van der Waals surface area contributed by atoms with Crippen molar-refractivity contribution in [3.8, 4) is 0 Å². The van der Waals surface area contributed by atoms with Crippen molar-refractivity contribution in [1.29, 1.82) is 0 Å². The minimum absolute atomic E-state index is 0. The van der Waals surface area contributed by atoms with Crippen LogP contribution in [0.25, 0.3) is 0 Å². The smallest absolute Gasteiger partial charge is 0.286 e. The van der Waals surface area contributed by atoms with Crippen LogP contribution in [-0.2, 0) is 60.3 Å². The fraction of sp³-hybridized carbons (Fsp3) is 1.00. The van der Waals surface area contributed by atoms with Crippen molar-refractivity contribution in [2.75, 3.05) is 7.11 Å². The van der Waals surface area contributed by atoms with Gasteiger partial charge in [0.1, 0.15) is 12.9 Å². The van der Waals surface area contributed by atoms with Gasteiger partial charge >= 0.3 is 0 Å². The minimum atomic E-state index is 0. The van der Waals surface area contributed by atoms with Crippen molar-refractivity contribution in [2.24, 2.45) is 0 Å². The molecule has 0 aromatic carbocycles. The van der Waals surface area contributed by atoms with Gasteiger partial charge in [-0.2, -0.15) is 9.12 Å². The van der Waals surface area contributed by atoms with Crippen LogP contribution in [0.5, 0.6) is 0 Å². The monoisotopic (exact) mass is 402 g/mol. The molecule has 0 saturated heterocycles. The standard InChI is InChI=1S/C3H9BO.B4H4P3.2H2O.3V/c1-4(2)5-3;1-6-4(3-5)7-2;;;;;/h1-3H3;6-7H,5H2;2*1H2;;;. The molecule has 0 aliphatic carbocycles. The summed E-state index contributed by atoms with van der Waals surface area (Å²) in [7, 11) is 15.7. The first-order chi connectivity index (χ1) is 5.62. The van der Waals surface area contributed by atoms with E-state index in [0.717, 1.165) is 0 Å². The normalized spacial score (nSPS) is 7.06. The van der Waals surface area contributed by atoms with Gasteiger partial charge in [0.05, 0.1) is 15.1 Å². The quantitative estimate of drug-likeness (QED) is 0.450. The van der Waals surface area contributed by atoms with E-state index in [-0.39, 0.29) is 66.6 Å². The van der Waals surface area contributed by atoms with E-state index in [2.05, 4.69) is 9.12 Å². The number of rotatable bonds is 4. The summed E-state index contributed by atoms with van der Waals surface area (Å²) in [5.74, 6) is 0. The van der Waals surface area contributed by atoms with Gasteiger partial charge in [0, 0.05) is 62.8 Å². The number of hydrogen-bond acceptors (Lipinski definition) is 1. The molecule has 3 unspecified atom stereocenters. The SMILES string of the molecule is COB(C)C.O.O.[B]PB([B]P)P[B].[V].[V].[V]. The molecule has 0 aliphatic heterocycles. The van der Waals surface area contributed by atoms with E-state index in [4.69, 9.17) is 19.8 Å². The van der Waals surface area contributed by atoms with E-state index in [0.29, 0.717) is 29.6 Å². The molecule has 3 nitrogen and oxygen atoms in total. The summed E-state index contributed by atoms with van der Waals surface area (Å²) in [6.07, 6.45) is 0. The van der Waals surface area contributed by atoms with Crippen molar-refractivity contribution in [3.05, 3.63) is 0 Å². The van der Waals surface area contributed by atoms with Crippen molar-refractivity contribution >= 4 is 60.8 Å². The molecule has 0 aliphatic rings. The molecular formula is C3H17B5O3P3V3. The predicted octanol–water partition coefficient (Wildman–Crippen LogP) is -0.783. The predicted molar refractivity (Wildman–Crippen MR) is 81.1 cm³/mol. The van der Waals surface area contributed by atoms with Crippen LogP contribution in [-0.4, -0.2) is 53.0 Å². The molecule has 14 heteroatoms. The second-order valence-corrected chi connectivity index (χ2v) is 5.16. The molecular weight excluding hydrogens is 384 g/mol. The Morgan fingerprint density at radius 3 is 1.29 bits per heavy atom. The molecule has 0 fully saturated rings. The zero-order chi connectivity index (χ0) is 9.98.